The minimum Gasteiger partial charge on any atom is -0.379 e. The van der Waals surface area contributed by atoms with Gasteiger partial charge in [-0.3, -0.25) is 4.98 Å². The van der Waals surface area contributed by atoms with Crippen LogP contribution in [0.2, 0.25) is 5.02 Å². The van der Waals surface area contributed by atoms with Crippen LogP contribution in [0, 0.1) is 5.82 Å². The van der Waals surface area contributed by atoms with Crippen molar-refractivity contribution in [2.24, 2.45) is 10.9 Å². The van der Waals surface area contributed by atoms with Gasteiger partial charge in [-0.15, -0.1) is 0 Å². The van der Waals surface area contributed by atoms with Crippen molar-refractivity contribution in [2.45, 2.75) is 0 Å². The normalized spacial score (nSPS) is 11.2. The standard InChI is InChI=1S/C13H9ClFN3O2/c14-9-5-3-4-8(11(9)15)13(19)20-18-12(16)10-6-1-2-7-17-10/h1-7H,(H2,16,18). The maximum absolute atomic E-state index is 13.6. The minimum absolute atomic E-state index is 0.0959. The lowest BCUT2D eigenvalue weighted by Gasteiger charge is -2.02. The highest BCUT2D eigenvalue weighted by Crippen LogP contribution is 2.18. The molecule has 20 heavy (non-hydrogen) atoms. The van der Waals surface area contributed by atoms with E-state index in [1.54, 1.807) is 18.2 Å². The van der Waals surface area contributed by atoms with Crippen LogP contribution in [0.5, 0.6) is 0 Å². The third kappa shape index (κ3) is 3.10. The molecule has 2 rings (SSSR count). The average Bonchev–Trinajstić information content (AvgIpc) is 2.48. The van der Waals surface area contributed by atoms with E-state index < -0.39 is 11.8 Å². The molecule has 0 radical (unpaired) electrons. The van der Waals surface area contributed by atoms with Gasteiger partial charge in [0.1, 0.15) is 5.69 Å². The van der Waals surface area contributed by atoms with E-state index in [0.717, 1.165) is 0 Å². The third-order valence-corrected chi connectivity index (χ3v) is 2.62. The van der Waals surface area contributed by atoms with Crippen molar-refractivity contribution < 1.29 is 14.0 Å². The van der Waals surface area contributed by atoms with Crippen LogP contribution >= 0.6 is 11.6 Å². The van der Waals surface area contributed by atoms with E-state index in [-0.39, 0.29) is 16.4 Å². The molecule has 1 heterocycles. The number of hydrogen-bond acceptors (Lipinski definition) is 4. The molecular formula is C13H9ClFN3O2. The monoisotopic (exact) mass is 293 g/mol. The zero-order chi connectivity index (χ0) is 14.5. The minimum atomic E-state index is -0.996. The molecule has 2 N–H and O–H groups in total. The second-order valence-electron chi connectivity index (χ2n) is 3.67. The van der Waals surface area contributed by atoms with Gasteiger partial charge >= 0.3 is 5.97 Å². The summed E-state index contributed by atoms with van der Waals surface area (Å²) in [6, 6.07) is 8.96. The van der Waals surface area contributed by atoms with Gasteiger partial charge in [0.15, 0.2) is 11.7 Å². The molecule has 1 aromatic carbocycles. The van der Waals surface area contributed by atoms with E-state index >= 15 is 0 Å². The molecule has 0 atom stereocenters. The van der Waals surface area contributed by atoms with E-state index in [1.807, 2.05) is 0 Å². The lowest BCUT2D eigenvalue weighted by Crippen LogP contribution is -2.16. The number of benzene rings is 1. The number of nitrogens with zero attached hydrogens (tertiary/aromatic N) is 2. The Morgan fingerprint density at radius 3 is 2.80 bits per heavy atom. The number of rotatable bonds is 3. The van der Waals surface area contributed by atoms with Crippen molar-refractivity contribution in [1.29, 1.82) is 0 Å². The summed E-state index contributed by atoms with van der Waals surface area (Å²) in [6.07, 6.45) is 1.51. The van der Waals surface area contributed by atoms with Gasteiger partial charge in [-0.25, -0.2) is 9.18 Å². The van der Waals surface area contributed by atoms with Gasteiger partial charge in [0.2, 0.25) is 0 Å². The van der Waals surface area contributed by atoms with E-state index in [2.05, 4.69) is 15.0 Å². The predicted molar refractivity (Wildman–Crippen MR) is 71.8 cm³/mol. The van der Waals surface area contributed by atoms with Crippen molar-refractivity contribution in [3.63, 3.8) is 0 Å². The van der Waals surface area contributed by atoms with Gasteiger partial charge in [-0.2, -0.15) is 0 Å². The zero-order valence-corrected chi connectivity index (χ0v) is 10.8. The number of halogens is 2. The number of hydrogen-bond donors (Lipinski definition) is 1. The van der Waals surface area contributed by atoms with Crippen LogP contribution in [0.1, 0.15) is 16.1 Å². The molecule has 7 heteroatoms. The Morgan fingerprint density at radius 1 is 1.30 bits per heavy atom. The molecule has 0 aliphatic heterocycles. The summed E-state index contributed by atoms with van der Waals surface area (Å²) in [6.45, 7) is 0. The van der Waals surface area contributed by atoms with E-state index in [4.69, 9.17) is 17.3 Å². The molecule has 5 nitrogen and oxygen atoms in total. The topological polar surface area (TPSA) is 77.6 Å². The molecule has 0 aliphatic carbocycles. The molecule has 0 unspecified atom stereocenters. The Kier molecular flexibility index (Phi) is 4.27. The predicted octanol–water partition coefficient (Wildman–Crippen LogP) is 2.35. The van der Waals surface area contributed by atoms with Gasteiger partial charge in [0.25, 0.3) is 0 Å². The van der Waals surface area contributed by atoms with E-state index in [1.165, 1.54) is 24.4 Å². The summed E-state index contributed by atoms with van der Waals surface area (Å²) < 4.78 is 13.6. The molecular weight excluding hydrogens is 285 g/mol. The Balaban J connectivity index is 2.15. The van der Waals surface area contributed by atoms with Crippen LogP contribution < -0.4 is 5.73 Å². The van der Waals surface area contributed by atoms with E-state index in [0.29, 0.717) is 5.69 Å². The van der Waals surface area contributed by atoms with Gasteiger partial charge in [0, 0.05) is 6.20 Å². The van der Waals surface area contributed by atoms with Crippen LogP contribution in [-0.2, 0) is 4.84 Å². The first-order chi connectivity index (χ1) is 9.59. The molecule has 0 fully saturated rings. The van der Waals surface area contributed by atoms with Crippen molar-refractivity contribution in [3.05, 3.63) is 64.7 Å². The van der Waals surface area contributed by atoms with Crippen LogP contribution in [0.4, 0.5) is 4.39 Å². The summed E-state index contributed by atoms with van der Waals surface area (Å²) >= 11 is 5.56. The molecule has 0 spiro atoms. The smallest absolute Gasteiger partial charge is 0.368 e. The Bertz CT molecular complexity index is 662. The van der Waals surface area contributed by atoms with Gasteiger partial charge < -0.3 is 10.6 Å². The average molecular weight is 294 g/mol. The fraction of sp³-hybridized carbons (Fsp3) is 0. The van der Waals surface area contributed by atoms with Crippen LogP contribution in [0.3, 0.4) is 0 Å². The lowest BCUT2D eigenvalue weighted by atomic mass is 10.2. The molecule has 1 aromatic heterocycles. The lowest BCUT2D eigenvalue weighted by molar-refractivity contribution is 0.0510. The largest absolute Gasteiger partial charge is 0.379 e. The number of carbonyl (C=O) groups is 1. The highest BCUT2D eigenvalue weighted by molar-refractivity contribution is 6.31. The highest BCUT2D eigenvalue weighted by Gasteiger charge is 2.16. The Hall–Kier alpha value is -2.47. The van der Waals surface area contributed by atoms with Crippen LogP contribution in [0.15, 0.2) is 47.8 Å². The summed E-state index contributed by atoms with van der Waals surface area (Å²) in [7, 11) is 0. The Labute approximate surface area is 118 Å². The van der Waals surface area contributed by atoms with Crippen LogP contribution in [0.25, 0.3) is 0 Å². The molecule has 2 aromatic rings. The van der Waals surface area contributed by atoms with Gasteiger partial charge in [-0.05, 0) is 24.3 Å². The molecule has 0 amide bonds. The number of carbonyl (C=O) groups excluding carboxylic acids is 1. The highest BCUT2D eigenvalue weighted by atomic mass is 35.5. The number of pyridine rings is 1. The van der Waals surface area contributed by atoms with Crippen molar-refractivity contribution in [2.75, 3.05) is 0 Å². The molecule has 102 valence electrons. The molecule has 0 saturated heterocycles. The first kappa shape index (κ1) is 14.0. The summed E-state index contributed by atoms with van der Waals surface area (Å²) in [5, 5.41) is 3.23. The second kappa shape index (κ2) is 6.12. The fourth-order valence-corrected chi connectivity index (χ4v) is 1.54. The number of amidine groups is 1. The van der Waals surface area contributed by atoms with Gasteiger partial charge in [0.05, 0.1) is 10.6 Å². The van der Waals surface area contributed by atoms with Crippen molar-refractivity contribution in [3.8, 4) is 0 Å². The van der Waals surface area contributed by atoms with Crippen molar-refractivity contribution in [1.82, 2.24) is 4.98 Å². The third-order valence-electron chi connectivity index (χ3n) is 2.33. The maximum atomic E-state index is 13.6. The first-order valence-corrected chi connectivity index (χ1v) is 5.87. The second-order valence-corrected chi connectivity index (χ2v) is 4.08. The van der Waals surface area contributed by atoms with Gasteiger partial charge in [-0.1, -0.05) is 28.9 Å². The quantitative estimate of drug-likeness (QED) is 0.408. The molecule has 0 saturated carbocycles. The maximum Gasteiger partial charge on any atom is 0.368 e. The zero-order valence-electron chi connectivity index (χ0n) is 10.1. The van der Waals surface area contributed by atoms with Crippen LogP contribution in [-0.4, -0.2) is 16.8 Å². The molecule has 0 bridgehead atoms. The number of aromatic nitrogens is 1. The fourth-order valence-electron chi connectivity index (χ4n) is 1.36. The summed E-state index contributed by atoms with van der Waals surface area (Å²) in [4.78, 5) is 20.1. The first-order valence-electron chi connectivity index (χ1n) is 5.50. The number of oxime groups is 1. The summed E-state index contributed by atoms with van der Waals surface area (Å²) in [5.74, 6) is -1.96. The SMILES string of the molecule is N/C(=N\OC(=O)c1cccc(Cl)c1F)c1ccccn1. The summed E-state index contributed by atoms with van der Waals surface area (Å²) in [5.41, 5.74) is 5.60. The molecule has 0 aliphatic rings. The van der Waals surface area contributed by atoms with Crippen molar-refractivity contribution >= 4 is 23.4 Å². The number of nitrogens with two attached hydrogens (primary N) is 1. The van der Waals surface area contributed by atoms with E-state index in [9.17, 15) is 9.18 Å². The Morgan fingerprint density at radius 2 is 2.10 bits per heavy atom.